The van der Waals surface area contributed by atoms with Crippen LogP contribution in [0.1, 0.15) is 31.2 Å². The van der Waals surface area contributed by atoms with Crippen molar-refractivity contribution in [3.63, 3.8) is 0 Å². The van der Waals surface area contributed by atoms with Crippen LogP contribution in [-0.4, -0.2) is 5.21 Å². The van der Waals surface area contributed by atoms with Crippen molar-refractivity contribution in [2.24, 2.45) is 11.8 Å². The molecule has 0 aliphatic heterocycles. The lowest BCUT2D eigenvalue weighted by Gasteiger charge is -2.06. The number of allylic oxidation sites excluding steroid dienone is 6. The molecule has 1 aliphatic rings. The molecule has 96 valence electrons. The van der Waals surface area contributed by atoms with E-state index in [4.69, 9.17) is 4.42 Å². The number of oxazole rings is 1. The van der Waals surface area contributed by atoms with E-state index in [0.29, 0.717) is 17.7 Å². The van der Waals surface area contributed by atoms with E-state index in [-0.39, 0.29) is 0 Å². The standard InChI is InChI=1S/C15H20NO2/c1-10-5-6-11(2)9-14(8-7-10)15-16(17)12(3)13(4)18-15/h5-11,17H,1-4H3/q+1/b6-5-,8-7-,14-9+. The summed E-state index contributed by atoms with van der Waals surface area (Å²) in [4.78, 5) is 0. The maximum Gasteiger partial charge on any atom is 0.429 e. The predicted molar refractivity (Wildman–Crippen MR) is 70.1 cm³/mol. The van der Waals surface area contributed by atoms with Crippen molar-refractivity contribution < 1.29 is 14.4 Å². The van der Waals surface area contributed by atoms with Crippen molar-refractivity contribution >= 4 is 5.57 Å². The number of aromatic nitrogens is 1. The Balaban J connectivity index is 2.48. The first kappa shape index (κ1) is 12.7. The fourth-order valence-electron chi connectivity index (χ4n) is 1.95. The number of aryl methyl sites for hydroxylation is 1. The summed E-state index contributed by atoms with van der Waals surface area (Å²) < 4.78 is 6.75. The van der Waals surface area contributed by atoms with Crippen molar-refractivity contribution in [2.45, 2.75) is 27.7 Å². The Hall–Kier alpha value is -1.77. The van der Waals surface area contributed by atoms with Gasteiger partial charge in [0.15, 0.2) is 5.76 Å². The lowest BCUT2D eigenvalue weighted by molar-refractivity contribution is -0.911. The summed E-state index contributed by atoms with van der Waals surface area (Å²) in [5, 5.41) is 10.0. The lowest BCUT2D eigenvalue weighted by Crippen LogP contribution is -2.35. The topological polar surface area (TPSA) is 37.2 Å². The van der Waals surface area contributed by atoms with Gasteiger partial charge in [0.25, 0.3) is 5.69 Å². The zero-order valence-electron chi connectivity index (χ0n) is 11.3. The molecule has 0 saturated heterocycles. The van der Waals surface area contributed by atoms with Gasteiger partial charge >= 0.3 is 5.89 Å². The molecule has 3 heteroatoms. The maximum absolute atomic E-state index is 10.0. The second-order valence-corrected chi connectivity index (χ2v) is 4.94. The smallest absolute Gasteiger partial charge is 0.400 e. The number of nitrogens with zero attached hydrogens (tertiary/aromatic N) is 1. The molecule has 1 aromatic heterocycles. The monoisotopic (exact) mass is 246 g/mol. The molecule has 1 aliphatic carbocycles. The molecule has 1 N–H and O–H groups in total. The molecule has 1 heterocycles. The van der Waals surface area contributed by atoms with Gasteiger partial charge in [0.1, 0.15) is 0 Å². The van der Waals surface area contributed by atoms with Crippen LogP contribution in [0.2, 0.25) is 0 Å². The fraction of sp³-hybridized carbons (Fsp3) is 0.400. The third kappa shape index (κ3) is 2.40. The largest absolute Gasteiger partial charge is 0.429 e. The Morgan fingerprint density at radius 3 is 2.39 bits per heavy atom. The van der Waals surface area contributed by atoms with E-state index >= 15 is 0 Å². The predicted octanol–water partition coefficient (Wildman–Crippen LogP) is 3.20. The van der Waals surface area contributed by atoms with Crippen LogP contribution in [-0.2, 0) is 0 Å². The van der Waals surface area contributed by atoms with Crippen molar-refractivity contribution in [2.75, 3.05) is 0 Å². The van der Waals surface area contributed by atoms with Crippen LogP contribution in [0, 0.1) is 25.7 Å². The fourth-order valence-corrected chi connectivity index (χ4v) is 1.95. The normalized spacial score (nSPS) is 30.1. The second kappa shape index (κ2) is 4.84. The highest BCUT2D eigenvalue weighted by atomic mass is 16.5. The molecular formula is C15H20NO2+. The Morgan fingerprint density at radius 1 is 1.11 bits per heavy atom. The molecule has 18 heavy (non-hydrogen) atoms. The Labute approximate surface area is 108 Å². The molecule has 0 saturated carbocycles. The first-order chi connectivity index (χ1) is 8.49. The average Bonchev–Trinajstić information content (AvgIpc) is 2.57. The van der Waals surface area contributed by atoms with E-state index in [0.717, 1.165) is 21.8 Å². The zero-order chi connectivity index (χ0) is 13.3. The van der Waals surface area contributed by atoms with E-state index in [9.17, 15) is 5.21 Å². The highest BCUT2D eigenvalue weighted by Crippen LogP contribution is 2.22. The molecule has 0 spiro atoms. The summed E-state index contributed by atoms with van der Waals surface area (Å²) in [5.41, 5.74) is 1.65. The summed E-state index contributed by atoms with van der Waals surface area (Å²) in [7, 11) is 0. The molecule has 0 bridgehead atoms. The van der Waals surface area contributed by atoms with E-state index in [1.165, 1.54) is 0 Å². The van der Waals surface area contributed by atoms with Crippen molar-refractivity contribution in [3.05, 3.63) is 47.7 Å². The van der Waals surface area contributed by atoms with Gasteiger partial charge in [0.2, 0.25) is 0 Å². The molecule has 0 fully saturated rings. The van der Waals surface area contributed by atoms with Gasteiger partial charge in [-0.05, 0) is 17.9 Å². The highest BCUT2D eigenvalue weighted by Gasteiger charge is 2.26. The van der Waals surface area contributed by atoms with Crippen molar-refractivity contribution in [1.29, 1.82) is 0 Å². The Bertz CT molecular complexity index is 535. The summed E-state index contributed by atoms with van der Waals surface area (Å²) in [6.45, 7) is 7.94. The molecule has 0 aromatic carbocycles. The van der Waals surface area contributed by atoms with E-state index in [1.54, 1.807) is 0 Å². The van der Waals surface area contributed by atoms with Gasteiger partial charge in [0, 0.05) is 13.8 Å². The van der Waals surface area contributed by atoms with Gasteiger partial charge in [-0.2, -0.15) is 0 Å². The lowest BCUT2D eigenvalue weighted by atomic mass is 9.99. The Kier molecular flexibility index (Phi) is 3.41. The van der Waals surface area contributed by atoms with E-state index in [1.807, 2.05) is 19.9 Å². The third-order valence-electron chi connectivity index (χ3n) is 3.26. The quantitative estimate of drug-likeness (QED) is 0.469. The van der Waals surface area contributed by atoms with Gasteiger partial charge in [-0.25, -0.2) is 0 Å². The van der Waals surface area contributed by atoms with Crippen LogP contribution >= 0.6 is 0 Å². The summed E-state index contributed by atoms with van der Waals surface area (Å²) in [5.74, 6) is 1.94. The van der Waals surface area contributed by atoms with Crippen LogP contribution in [0.3, 0.4) is 0 Å². The van der Waals surface area contributed by atoms with Crippen molar-refractivity contribution in [3.8, 4) is 0 Å². The number of hydrogen-bond donors (Lipinski definition) is 1. The minimum atomic E-state index is 0.318. The number of rotatable bonds is 1. The van der Waals surface area contributed by atoms with Crippen LogP contribution in [0.15, 0.2) is 34.8 Å². The van der Waals surface area contributed by atoms with Gasteiger partial charge in [-0.1, -0.05) is 38.2 Å². The molecule has 0 amide bonds. The van der Waals surface area contributed by atoms with Gasteiger partial charge in [-0.15, -0.1) is 0 Å². The number of hydrogen-bond acceptors (Lipinski definition) is 2. The van der Waals surface area contributed by atoms with Gasteiger partial charge < -0.3 is 4.42 Å². The first-order valence-corrected chi connectivity index (χ1v) is 6.29. The summed E-state index contributed by atoms with van der Waals surface area (Å²) in [6.07, 6.45) is 10.5. The summed E-state index contributed by atoms with van der Waals surface area (Å²) >= 11 is 0. The van der Waals surface area contributed by atoms with Gasteiger partial charge in [0.05, 0.1) is 10.3 Å². The molecular weight excluding hydrogens is 226 g/mol. The average molecular weight is 246 g/mol. The SMILES string of the molecule is Cc1oc(C2=C/C(C)/C=C\C(C)/C=C\2)[n+](O)c1C. The highest BCUT2D eigenvalue weighted by molar-refractivity contribution is 5.68. The van der Waals surface area contributed by atoms with Crippen LogP contribution in [0.25, 0.3) is 5.57 Å². The zero-order valence-corrected chi connectivity index (χ0v) is 11.3. The van der Waals surface area contributed by atoms with Gasteiger partial charge in [-0.3, -0.25) is 5.21 Å². The van der Waals surface area contributed by atoms with E-state index < -0.39 is 0 Å². The minimum absolute atomic E-state index is 0.318. The molecule has 3 nitrogen and oxygen atoms in total. The summed E-state index contributed by atoms with van der Waals surface area (Å²) in [6, 6.07) is 0. The molecule has 0 radical (unpaired) electrons. The minimum Gasteiger partial charge on any atom is -0.400 e. The molecule has 2 rings (SSSR count). The van der Waals surface area contributed by atoms with E-state index in [2.05, 4.69) is 38.2 Å². The molecule has 2 atom stereocenters. The van der Waals surface area contributed by atoms with Crippen LogP contribution < -0.4 is 4.73 Å². The maximum atomic E-state index is 10.0. The van der Waals surface area contributed by atoms with Crippen molar-refractivity contribution in [1.82, 2.24) is 0 Å². The molecule has 1 aromatic rings. The third-order valence-corrected chi connectivity index (χ3v) is 3.26. The second-order valence-electron chi connectivity index (χ2n) is 4.94. The first-order valence-electron chi connectivity index (χ1n) is 6.29. The van der Waals surface area contributed by atoms with Crippen LogP contribution in [0.5, 0.6) is 0 Å². The Morgan fingerprint density at radius 2 is 1.78 bits per heavy atom. The molecule has 2 unspecified atom stereocenters. The van der Waals surface area contributed by atoms with Crippen LogP contribution in [0.4, 0.5) is 0 Å².